The molecule has 1 amide bonds. The Bertz CT molecular complexity index is 298. The maximum absolute atomic E-state index is 11.9. The number of fused-ring (bicyclic) bond motifs is 1. The Morgan fingerprint density at radius 1 is 1.53 bits per heavy atom. The van der Waals surface area contributed by atoms with Crippen LogP contribution in [0.1, 0.15) is 39.0 Å². The summed E-state index contributed by atoms with van der Waals surface area (Å²) >= 11 is 0. The first kappa shape index (κ1) is 14.8. The van der Waals surface area contributed by atoms with E-state index in [0.29, 0.717) is 25.1 Å². The maximum Gasteiger partial charge on any atom is 0.221 e. The van der Waals surface area contributed by atoms with Crippen molar-refractivity contribution in [2.45, 2.75) is 57.2 Å². The second-order valence-corrected chi connectivity index (χ2v) is 5.59. The summed E-state index contributed by atoms with van der Waals surface area (Å²) in [5, 5.41) is 2.94. The summed E-state index contributed by atoms with van der Waals surface area (Å²) in [6.45, 7) is 5.04. The third-order valence-electron chi connectivity index (χ3n) is 4.26. The maximum atomic E-state index is 11.9. The topological polar surface area (TPSA) is 67.6 Å². The van der Waals surface area contributed by atoms with Crippen LogP contribution in [-0.4, -0.2) is 55.2 Å². The van der Waals surface area contributed by atoms with Crippen molar-refractivity contribution in [2.24, 2.45) is 5.73 Å². The van der Waals surface area contributed by atoms with Gasteiger partial charge in [-0.1, -0.05) is 6.92 Å². The van der Waals surface area contributed by atoms with Crippen LogP contribution in [0.5, 0.6) is 0 Å². The van der Waals surface area contributed by atoms with Gasteiger partial charge < -0.3 is 15.8 Å². The lowest BCUT2D eigenvalue weighted by atomic mass is 10.0. The van der Waals surface area contributed by atoms with Crippen LogP contribution < -0.4 is 11.1 Å². The number of ether oxygens (including phenoxy) is 1. The molecule has 5 heteroatoms. The van der Waals surface area contributed by atoms with E-state index in [1.807, 2.05) is 0 Å². The average molecular weight is 269 g/mol. The van der Waals surface area contributed by atoms with E-state index >= 15 is 0 Å². The Hall–Kier alpha value is -0.650. The third-order valence-corrected chi connectivity index (χ3v) is 4.26. The monoisotopic (exact) mass is 269 g/mol. The molecule has 0 aromatic rings. The van der Waals surface area contributed by atoms with Crippen LogP contribution in [0.15, 0.2) is 0 Å². The first-order valence-electron chi connectivity index (χ1n) is 7.60. The summed E-state index contributed by atoms with van der Waals surface area (Å²) < 4.78 is 5.81. The Kier molecular flexibility index (Phi) is 5.60. The molecule has 110 valence electrons. The zero-order valence-electron chi connectivity index (χ0n) is 11.9. The molecule has 3 atom stereocenters. The number of carbonyl (C=O) groups is 1. The number of nitrogens with two attached hydrogens (primary N) is 1. The number of amides is 1. The van der Waals surface area contributed by atoms with Crippen LogP contribution in [0.25, 0.3) is 0 Å². The molecule has 0 aromatic carbocycles. The molecule has 0 radical (unpaired) electrons. The number of hydrogen-bond donors (Lipinski definition) is 2. The molecule has 1 heterocycles. The quantitative estimate of drug-likeness (QED) is 0.736. The molecular formula is C14H27N3O2. The Labute approximate surface area is 115 Å². The van der Waals surface area contributed by atoms with Crippen molar-refractivity contribution in [3.05, 3.63) is 0 Å². The van der Waals surface area contributed by atoms with Crippen molar-refractivity contribution in [3.63, 3.8) is 0 Å². The third kappa shape index (κ3) is 3.68. The second kappa shape index (κ2) is 7.22. The highest BCUT2D eigenvalue weighted by Gasteiger charge is 2.39. The standard InChI is InChI=1S/C14H27N3O2/c1-2-6-16-14(18)9-11(10-15)17-7-8-19-13-5-3-4-12(13)17/h11-13H,2-10,15H2,1H3,(H,16,18). The van der Waals surface area contributed by atoms with Crippen LogP contribution in [0.2, 0.25) is 0 Å². The van der Waals surface area contributed by atoms with Crippen molar-refractivity contribution in [1.82, 2.24) is 10.2 Å². The molecule has 1 aliphatic carbocycles. The van der Waals surface area contributed by atoms with E-state index in [1.54, 1.807) is 0 Å². The van der Waals surface area contributed by atoms with Gasteiger partial charge in [0.15, 0.2) is 0 Å². The first-order valence-corrected chi connectivity index (χ1v) is 7.60. The summed E-state index contributed by atoms with van der Waals surface area (Å²) in [7, 11) is 0. The molecule has 2 rings (SSSR count). The van der Waals surface area contributed by atoms with Crippen molar-refractivity contribution in [3.8, 4) is 0 Å². The second-order valence-electron chi connectivity index (χ2n) is 5.59. The van der Waals surface area contributed by atoms with E-state index in [0.717, 1.165) is 32.5 Å². The van der Waals surface area contributed by atoms with Gasteiger partial charge in [0.2, 0.25) is 5.91 Å². The van der Waals surface area contributed by atoms with Gasteiger partial charge in [0.05, 0.1) is 12.7 Å². The summed E-state index contributed by atoms with van der Waals surface area (Å²) in [6.07, 6.45) is 5.41. The van der Waals surface area contributed by atoms with Crippen molar-refractivity contribution in [2.75, 3.05) is 26.2 Å². The largest absolute Gasteiger partial charge is 0.375 e. The van der Waals surface area contributed by atoms with E-state index in [9.17, 15) is 4.79 Å². The minimum atomic E-state index is 0.123. The molecule has 0 bridgehead atoms. The fraction of sp³-hybridized carbons (Fsp3) is 0.929. The summed E-state index contributed by atoms with van der Waals surface area (Å²) in [5.74, 6) is 0.123. The fourth-order valence-electron chi connectivity index (χ4n) is 3.30. The molecule has 5 nitrogen and oxygen atoms in total. The Morgan fingerprint density at radius 2 is 2.37 bits per heavy atom. The lowest BCUT2D eigenvalue weighted by Crippen LogP contribution is -2.56. The van der Waals surface area contributed by atoms with Crippen LogP contribution in [-0.2, 0) is 9.53 Å². The highest BCUT2D eigenvalue weighted by atomic mass is 16.5. The Morgan fingerprint density at radius 3 is 3.11 bits per heavy atom. The normalized spacial score (nSPS) is 28.9. The lowest BCUT2D eigenvalue weighted by Gasteiger charge is -2.42. The first-order chi connectivity index (χ1) is 9.26. The molecular weight excluding hydrogens is 242 g/mol. The smallest absolute Gasteiger partial charge is 0.221 e. The molecule has 2 aliphatic rings. The van der Waals surface area contributed by atoms with Crippen molar-refractivity contribution >= 4 is 5.91 Å². The summed E-state index contributed by atoms with van der Waals surface area (Å²) in [6, 6.07) is 0.632. The van der Waals surface area contributed by atoms with Gasteiger partial charge in [-0.15, -0.1) is 0 Å². The van der Waals surface area contributed by atoms with E-state index in [2.05, 4.69) is 17.1 Å². The van der Waals surface area contributed by atoms with Gasteiger partial charge >= 0.3 is 0 Å². The lowest BCUT2D eigenvalue weighted by molar-refractivity contribution is -0.124. The van der Waals surface area contributed by atoms with Gasteiger partial charge in [-0.3, -0.25) is 9.69 Å². The SMILES string of the molecule is CCCNC(=O)CC(CN)N1CCOC2CCCC21. The highest BCUT2D eigenvalue weighted by molar-refractivity contribution is 5.76. The van der Waals surface area contributed by atoms with Gasteiger partial charge in [0, 0.05) is 38.1 Å². The zero-order chi connectivity index (χ0) is 13.7. The number of nitrogens with zero attached hydrogens (tertiary/aromatic N) is 1. The zero-order valence-corrected chi connectivity index (χ0v) is 11.9. The fourth-order valence-corrected chi connectivity index (χ4v) is 3.30. The van der Waals surface area contributed by atoms with Crippen molar-refractivity contribution < 1.29 is 9.53 Å². The van der Waals surface area contributed by atoms with Gasteiger partial charge in [-0.2, -0.15) is 0 Å². The average Bonchev–Trinajstić information content (AvgIpc) is 2.90. The van der Waals surface area contributed by atoms with E-state index < -0.39 is 0 Å². The molecule has 1 aliphatic heterocycles. The molecule has 3 unspecified atom stereocenters. The molecule has 0 spiro atoms. The predicted molar refractivity (Wildman–Crippen MR) is 74.8 cm³/mol. The predicted octanol–water partition coefficient (Wildman–Crippen LogP) is 0.483. The van der Waals surface area contributed by atoms with Gasteiger partial charge in [-0.05, 0) is 25.7 Å². The number of hydrogen-bond acceptors (Lipinski definition) is 4. The summed E-state index contributed by atoms with van der Waals surface area (Å²) in [4.78, 5) is 14.3. The van der Waals surface area contributed by atoms with Gasteiger partial charge in [-0.25, -0.2) is 0 Å². The van der Waals surface area contributed by atoms with Gasteiger partial charge in [0.1, 0.15) is 0 Å². The number of carbonyl (C=O) groups excluding carboxylic acids is 1. The summed E-state index contributed by atoms with van der Waals surface area (Å²) in [5.41, 5.74) is 5.90. The number of morpholine rings is 1. The minimum Gasteiger partial charge on any atom is -0.375 e. The number of rotatable bonds is 6. The van der Waals surface area contributed by atoms with Crippen LogP contribution >= 0.6 is 0 Å². The molecule has 19 heavy (non-hydrogen) atoms. The van der Waals surface area contributed by atoms with E-state index in [4.69, 9.17) is 10.5 Å². The molecule has 1 saturated heterocycles. The highest BCUT2D eigenvalue weighted by Crippen LogP contribution is 2.31. The van der Waals surface area contributed by atoms with E-state index in [1.165, 1.54) is 12.8 Å². The molecule has 1 saturated carbocycles. The minimum absolute atomic E-state index is 0.123. The van der Waals surface area contributed by atoms with Crippen LogP contribution in [0, 0.1) is 0 Å². The van der Waals surface area contributed by atoms with Crippen LogP contribution in [0.3, 0.4) is 0 Å². The van der Waals surface area contributed by atoms with Gasteiger partial charge in [0.25, 0.3) is 0 Å². The van der Waals surface area contributed by atoms with Crippen LogP contribution in [0.4, 0.5) is 0 Å². The number of nitrogens with one attached hydrogen (secondary N) is 1. The molecule has 2 fully saturated rings. The molecule has 3 N–H and O–H groups in total. The molecule has 0 aromatic heterocycles. The Balaban J connectivity index is 1.90. The van der Waals surface area contributed by atoms with Crippen molar-refractivity contribution in [1.29, 1.82) is 0 Å². The van der Waals surface area contributed by atoms with E-state index in [-0.39, 0.29) is 11.9 Å².